The molecular formula is C25H18F6N4O4S. The van der Waals surface area contributed by atoms with E-state index in [-0.39, 0.29) is 48.0 Å². The third-order valence-electron chi connectivity index (χ3n) is 6.78. The van der Waals surface area contributed by atoms with Gasteiger partial charge in [-0.1, -0.05) is 0 Å². The molecule has 210 valence electrons. The number of hydrogen-bond donors (Lipinski definition) is 0. The maximum Gasteiger partial charge on any atom is 0.586 e. The van der Waals surface area contributed by atoms with E-state index in [4.69, 9.17) is 0 Å². The zero-order valence-electron chi connectivity index (χ0n) is 20.2. The Hall–Kier alpha value is -3.85. The molecule has 2 aromatic carbocycles. The van der Waals surface area contributed by atoms with Gasteiger partial charge in [0, 0.05) is 37.0 Å². The molecular weight excluding hydrogens is 566 g/mol. The van der Waals surface area contributed by atoms with Crippen molar-refractivity contribution < 1.29 is 44.2 Å². The molecule has 0 spiro atoms. The lowest BCUT2D eigenvalue weighted by Gasteiger charge is -2.33. The number of piperidine rings is 1. The van der Waals surface area contributed by atoms with Crippen LogP contribution in [0.5, 0.6) is 11.5 Å². The first kappa shape index (κ1) is 26.4. The van der Waals surface area contributed by atoms with Crippen molar-refractivity contribution in [3.63, 3.8) is 0 Å². The Balaban J connectivity index is 1.32. The first-order valence-corrected chi connectivity index (χ1v) is 13.4. The predicted octanol–water partition coefficient (Wildman–Crippen LogP) is 5.60. The highest BCUT2D eigenvalue weighted by Gasteiger charge is 2.44. The first-order chi connectivity index (χ1) is 18.8. The SMILES string of the molecule is O=S(=O)(c1ccc2c(c1)OC(F)(F)O2)N1CCC(n2c(-c3ccc(F)cc3C(F)(F)F)nc3cccnc32)CC1. The average molecular weight is 584 g/mol. The van der Waals surface area contributed by atoms with E-state index in [1.54, 1.807) is 12.1 Å². The minimum Gasteiger partial charge on any atom is -0.395 e. The molecule has 40 heavy (non-hydrogen) atoms. The smallest absolute Gasteiger partial charge is 0.395 e. The monoisotopic (exact) mass is 584 g/mol. The van der Waals surface area contributed by atoms with Crippen LogP contribution in [-0.4, -0.2) is 46.6 Å². The second-order valence-corrected chi connectivity index (χ2v) is 11.2. The summed E-state index contributed by atoms with van der Waals surface area (Å²) in [4.78, 5) is 8.40. The lowest BCUT2D eigenvalue weighted by molar-refractivity contribution is -0.286. The van der Waals surface area contributed by atoms with Crippen LogP contribution >= 0.6 is 0 Å². The summed E-state index contributed by atoms with van der Waals surface area (Å²) in [5, 5.41) is 0. The lowest BCUT2D eigenvalue weighted by Crippen LogP contribution is -2.39. The number of benzene rings is 2. The van der Waals surface area contributed by atoms with Crippen LogP contribution in [0.3, 0.4) is 0 Å². The lowest BCUT2D eigenvalue weighted by atomic mass is 10.0. The summed E-state index contributed by atoms with van der Waals surface area (Å²) in [6.45, 7) is -0.0574. The van der Waals surface area contributed by atoms with Gasteiger partial charge < -0.3 is 14.0 Å². The van der Waals surface area contributed by atoms with Gasteiger partial charge in [0.1, 0.15) is 17.2 Å². The highest BCUT2D eigenvalue weighted by atomic mass is 32.2. The molecule has 1 fully saturated rings. The molecule has 6 rings (SSSR count). The summed E-state index contributed by atoms with van der Waals surface area (Å²) in [7, 11) is -4.13. The Kier molecular flexibility index (Phi) is 5.99. The van der Waals surface area contributed by atoms with Gasteiger partial charge in [0.05, 0.1) is 10.5 Å². The van der Waals surface area contributed by atoms with Crippen LogP contribution in [0.4, 0.5) is 26.3 Å². The number of imidazole rings is 1. The Bertz CT molecular complexity index is 1730. The molecule has 0 bridgehead atoms. The Morgan fingerprint density at radius 2 is 1.70 bits per heavy atom. The third-order valence-corrected chi connectivity index (χ3v) is 8.67. The number of nitrogens with zero attached hydrogens (tertiary/aromatic N) is 4. The second-order valence-electron chi connectivity index (χ2n) is 9.25. The highest BCUT2D eigenvalue weighted by Crippen LogP contribution is 2.43. The van der Waals surface area contributed by atoms with Crippen LogP contribution in [-0.2, 0) is 16.2 Å². The van der Waals surface area contributed by atoms with Crippen molar-refractivity contribution in [2.75, 3.05) is 13.1 Å². The minimum atomic E-state index is -4.86. The van der Waals surface area contributed by atoms with Gasteiger partial charge >= 0.3 is 12.5 Å². The van der Waals surface area contributed by atoms with E-state index >= 15 is 0 Å². The van der Waals surface area contributed by atoms with Crippen LogP contribution in [0.1, 0.15) is 24.4 Å². The summed E-state index contributed by atoms with van der Waals surface area (Å²) in [6.07, 6.45) is -6.94. The summed E-state index contributed by atoms with van der Waals surface area (Å²) < 4.78 is 120. The zero-order valence-corrected chi connectivity index (χ0v) is 21.0. The quantitative estimate of drug-likeness (QED) is 0.290. The fraction of sp³-hybridized carbons (Fsp3) is 0.280. The number of aromatic nitrogens is 3. The standard InChI is InChI=1S/C25H18F6N4O4S/c26-14-3-5-17(18(12-14)24(27,28)29)22-33-19-2-1-9-32-23(19)35(22)15-7-10-34(11-8-15)40(36,37)16-4-6-20-21(13-16)39-25(30,31)38-20/h1-6,9,12-13,15H,7-8,10-11H2. The van der Waals surface area contributed by atoms with Crippen molar-refractivity contribution in [1.82, 2.24) is 18.8 Å². The maximum atomic E-state index is 13.9. The number of sulfonamides is 1. The number of ether oxygens (including phenoxy) is 2. The van der Waals surface area contributed by atoms with Crippen LogP contribution in [0.15, 0.2) is 59.6 Å². The number of fused-ring (bicyclic) bond motifs is 2. The molecule has 1 saturated heterocycles. The van der Waals surface area contributed by atoms with Crippen LogP contribution in [0.2, 0.25) is 0 Å². The van der Waals surface area contributed by atoms with Gasteiger partial charge in [-0.2, -0.15) is 17.5 Å². The van der Waals surface area contributed by atoms with E-state index < -0.39 is 45.7 Å². The molecule has 2 aliphatic rings. The molecule has 8 nitrogen and oxygen atoms in total. The van der Waals surface area contributed by atoms with Crippen molar-refractivity contribution in [3.05, 3.63) is 66.1 Å². The molecule has 4 aromatic rings. The van der Waals surface area contributed by atoms with Crippen molar-refractivity contribution >= 4 is 21.2 Å². The van der Waals surface area contributed by atoms with Gasteiger partial charge in [-0.05, 0) is 55.3 Å². The third kappa shape index (κ3) is 4.52. The summed E-state index contributed by atoms with van der Waals surface area (Å²) >= 11 is 0. The van der Waals surface area contributed by atoms with Gasteiger partial charge in [-0.15, -0.1) is 8.78 Å². The maximum absolute atomic E-state index is 13.9. The van der Waals surface area contributed by atoms with Gasteiger partial charge in [0.15, 0.2) is 17.1 Å². The first-order valence-electron chi connectivity index (χ1n) is 11.9. The Morgan fingerprint density at radius 1 is 0.975 bits per heavy atom. The number of pyridine rings is 1. The number of rotatable bonds is 4. The minimum absolute atomic E-state index is 0.0287. The van der Waals surface area contributed by atoms with E-state index in [2.05, 4.69) is 19.4 Å². The number of hydrogen-bond acceptors (Lipinski definition) is 6. The fourth-order valence-corrected chi connectivity index (χ4v) is 6.48. The molecule has 0 unspecified atom stereocenters. The van der Waals surface area contributed by atoms with Gasteiger partial charge in [-0.3, -0.25) is 0 Å². The second kappa shape index (κ2) is 9.09. The van der Waals surface area contributed by atoms with Crippen LogP contribution in [0, 0.1) is 5.82 Å². The van der Waals surface area contributed by atoms with Crippen LogP contribution < -0.4 is 9.47 Å². The highest BCUT2D eigenvalue weighted by molar-refractivity contribution is 7.89. The van der Waals surface area contributed by atoms with E-state index in [1.807, 2.05) is 0 Å². The molecule has 0 atom stereocenters. The van der Waals surface area contributed by atoms with Gasteiger partial charge in [0.2, 0.25) is 10.0 Å². The van der Waals surface area contributed by atoms with Crippen LogP contribution in [0.25, 0.3) is 22.6 Å². The summed E-state index contributed by atoms with van der Waals surface area (Å²) in [5.74, 6) is -1.84. The topological polar surface area (TPSA) is 86.6 Å². The predicted molar refractivity (Wildman–Crippen MR) is 128 cm³/mol. The molecule has 2 aliphatic heterocycles. The van der Waals surface area contributed by atoms with Gasteiger partial charge in [0.25, 0.3) is 0 Å². The molecule has 0 aliphatic carbocycles. The molecule has 0 saturated carbocycles. The van der Waals surface area contributed by atoms with Crippen molar-refractivity contribution in [1.29, 1.82) is 0 Å². The van der Waals surface area contributed by atoms with Crippen molar-refractivity contribution in [2.45, 2.75) is 36.2 Å². The Morgan fingerprint density at radius 3 is 2.42 bits per heavy atom. The molecule has 2 aromatic heterocycles. The van der Waals surface area contributed by atoms with E-state index in [0.29, 0.717) is 17.2 Å². The summed E-state index contributed by atoms with van der Waals surface area (Å²) in [6, 6.07) is 8.16. The van der Waals surface area contributed by atoms with Gasteiger partial charge in [-0.25, -0.2) is 22.8 Å². The molecule has 0 amide bonds. The van der Waals surface area contributed by atoms with E-state index in [9.17, 15) is 34.8 Å². The van der Waals surface area contributed by atoms with Crippen molar-refractivity contribution in [2.24, 2.45) is 0 Å². The van der Waals surface area contributed by atoms with E-state index in [0.717, 1.165) is 34.6 Å². The molecule has 15 heteroatoms. The molecule has 0 N–H and O–H groups in total. The largest absolute Gasteiger partial charge is 0.586 e. The average Bonchev–Trinajstić information content (AvgIpc) is 3.43. The van der Waals surface area contributed by atoms with E-state index in [1.165, 1.54) is 10.8 Å². The fourth-order valence-electron chi connectivity index (χ4n) is 4.99. The Labute approximate surface area is 222 Å². The zero-order chi connectivity index (χ0) is 28.4. The van der Waals surface area contributed by atoms with Crippen molar-refractivity contribution in [3.8, 4) is 22.9 Å². The number of alkyl halides is 5. The number of halogens is 6. The summed E-state index contributed by atoms with van der Waals surface area (Å²) in [5.41, 5.74) is -0.910. The molecule has 4 heterocycles. The normalized spacial score (nSPS) is 17.9. The molecule has 0 radical (unpaired) electrons.